The van der Waals surface area contributed by atoms with Crippen LogP contribution in [0.2, 0.25) is 10.0 Å². The van der Waals surface area contributed by atoms with E-state index in [1.807, 2.05) is 18.2 Å². The Morgan fingerprint density at radius 1 is 1.38 bits per heavy atom. The molecule has 1 heterocycles. The number of rotatable bonds is 2. The molecular weight excluding hydrogens is 241 g/mol. The molecule has 1 aromatic rings. The molecule has 0 bridgehead atoms. The third-order valence-electron chi connectivity index (χ3n) is 3.49. The van der Waals surface area contributed by atoms with Crippen molar-refractivity contribution in [1.82, 2.24) is 5.32 Å². The Morgan fingerprint density at radius 3 is 2.94 bits per heavy atom. The van der Waals surface area contributed by atoms with Crippen molar-refractivity contribution in [2.75, 3.05) is 13.1 Å². The van der Waals surface area contributed by atoms with Crippen LogP contribution >= 0.6 is 23.2 Å². The van der Waals surface area contributed by atoms with Gasteiger partial charge >= 0.3 is 0 Å². The Kier molecular flexibility index (Phi) is 4.12. The van der Waals surface area contributed by atoms with E-state index in [1.165, 1.54) is 12.0 Å². The lowest BCUT2D eigenvalue weighted by molar-refractivity contribution is 0.318. The van der Waals surface area contributed by atoms with Gasteiger partial charge in [0, 0.05) is 10.0 Å². The van der Waals surface area contributed by atoms with Gasteiger partial charge in [0.1, 0.15) is 0 Å². The molecule has 0 aliphatic carbocycles. The van der Waals surface area contributed by atoms with Gasteiger partial charge < -0.3 is 5.32 Å². The molecule has 1 aliphatic rings. The van der Waals surface area contributed by atoms with Gasteiger partial charge in [-0.15, -0.1) is 0 Å². The maximum atomic E-state index is 6.27. The topological polar surface area (TPSA) is 12.0 Å². The maximum Gasteiger partial charge on any atom is 0.0441 e. The number of piperidine rings is 1. The van der Waals surface area contributed by atoms with Crippen LogP contribution in [0.5, 0.6) is 0 Å². The van der Waals surface area contributed by atoms with Crippen LogP contribution in [0, 0.1) is 5.92 Å². The SMILES string of the molecule is CCC1CNCCC1c1cc(Cl)ccc1Cl. The van der Waals surface area contributed by atoms with Gasteiger partial charge in [-0.25, -0.2) is 0 Å². The van der Waals surface area contributed by atoms with Gasteiger partial charge in [0.05, 0.1) is 0 Å². The zero-order valence-electron chi connectivity index (χ0n) is 9.47. The van der Waals surface area contributed by atoms with Crippen LogP contribution in [0.25, 0.3) is 0 Å². The predicted octanol–water partition coefficient (Wildman–Crippen LogP) is 4.10. The minimum atomic E-state index is 0.553. The highest BCUT2D eigenvalue weighted by molar-refractivity contribution is 6.33. The summed E-state index contributed by atoms with van der Waals surface area (Å²) >= 11 is 12.3. The average molecular weight is 258 g/mol. The first-order chi connectivity index (χ1) is 7.72. The highest BCUT2D eigenvalue weighted by atomic mass is 35.5. The Morgan fingerprint density at radius 2 is 2.19 bits per heavy atom. The van der Waals surface area contributed by atoms with Crippen molar-refractivity contribution in [3.63, 3.8) is 0 Å². The summed E-state index contributed by atoms with van der Waals surface area (Å²) in [5.74, 6) is 1.22. The van der Waals surface area contributed by atoms with Crippen LogP contribution in [0.4, 0.5) is 0 Å². The summed E-state index contributed by atoms with van der Waals surface area (Å²) in [7, 11) is 0. The lowest BCUT2D eigenvalue weighted by atomic mass is 9.80. The predicted molar refractivity (Wildman–Crippen MR) is 70.5 cm³/mol. The second kappa shape index (κ2) is 5.39. The van der Waals surface area contributed by atoms with Crippen molar-refractivity contribution in [2.24, 2.45) is 5.92 Å². The van der Waals surface area contributed by atoms with E-state index in [9.17, 15) is 0 Å². The zero-order chi connectivity index (χ0) is 11.5. The summed E-state index contributed by atoms with van der Waals surface area (Å²) in [5.41, 5.74) is 1.22. The summed E-state index contributed by atoms with van der Waals surface area (Å²) in [5, 5.41) is 5.08. The van der Waals surface area contributed by atoms with Gasteiger partial charge in [0.15, 0.2) is 0 Å². The molecule has 1 N–H and O–H groups in total. The molecule has 2 rings (SSSR count). The van der Waals surface area contributed by atoms with Crippen LogP contribution in [0.3, 0.4) is 0 Å². The standard InChI is InChI=1S/C13H17Cl2N/c1-2-9-8-16-6-5-11(9)12-7-10(14)3-4-13(12)15/h3-4,7,9,11,16H,2,5-6,8H2,1H3. The number of halogens is 2. The Balaban J connectivity index is 2.30. The Bertz CT molecular complexity index is 365. The first-order valence-corrected chi connectivity index (χ1v) is 6.63. The molecule has 0 amide bonds. The van der Waals surface area contributed by atoms with Gasteiger partial charge in [0.25, 0.3) is 0 Å². The first-order valence-electron chi connectivity index (χ1n) is 5.88. The fourth-order valence-electron chi connectivity index (χ4n) is 2.56. The van der Waals surface area contributed by atoms with Gasteiger partial charge in [-0.3, -0.25) is 0 Å². The van der Waals surface area contributed by atoms with Gasteiger partial charge in [-0.1, -0.05) is 36.5 Å². The van der Waals surface area contributed by atoms with Crippen molar-refractivity contribution < 1.29 is 0 Å². The summed E-state index contributed by atoms with van der Waals surface area (Å²) in [4.78, 5) is 0. The molecular formula is C13H17Cl2N. The van der Waals surface area contributed by atoms with E-state index in [0.717, 1.165) is 29.6 Å². The lowest BCUT2D eigenvalue weighted by Crippen LogP contribution is -2.35. The van der Waals surface area contributed by atoms with E-state index >= 15 is 0 Å². The second-order valence-electron chi connectivity index (χ2n) is 4.43. The van der Waals surface area contributed by atoms with E-state index in [4.69, 9.17) is 23.2 Å². The average Bonchev–Trinajstić information content (AvgIpc) is 2.32. The smallest absolute Gasteiger partial charge is 0.0441 e. The molecule has 1 nitrogen and oxygen atoms in total. The number of benzene rings is 1. The molecule has 1 aromatic carbocycles. The number of hydrogen-bond donors (Lipinski definition) is 1. The fraction of sp³-hybridized carbons (Fsp3) is 0.538. The molecule has 1 saturated heterocycles. The summed E-state index contributed by atoms with van der Waals surface area (Å²) < 4.78 is 0. The minimum absolute atomic E-state index is 0.553. The minimum Gasteiger partial charge on any atom is -0.316 e. The summed E-state index contributed by atoms with van der Waals surface area (Å²) in [6, 6.07) is 5.80. The molecule has 88 valence electrons. The highest BCUT2D eigenvalue weighted by Crippen LogP contribution is 2.37. The first kappa shape index (κ1) is 12.2. The molecule has 2 atom stereocenters. The molecule has 16 heavy (non-hydrogen) atoms. The van der Waals surface area contributed by atoms with Gasteiger partial charge in [-0.2, -0.15) is 0 Å². The lowest BCUT2D eigenvalue weighted by Gasteiger charge is -2.32. The van der Waals surface area contributed by atoms with E-state index in [2.05, 4.69) is 12.2 Å². The molecule has 2 unspecified atom stereocenters. The molecule has 0 saturated carbocycles. The quantitative estimate of drug-likeness (QED) is 0.842. The van der Waals surface area contributed by atoms with Crippen LogP contribution < -0.4 is 5.32 Å². The van der Waals surface area contributed by atoms with Crippen molar-refractivity contribution >= 4 is 23.2 Å². The molecule has 0 aromatic heterocycles. The van der Waals surface area contributed by atoms with Crippen LogP contribution in [0.15, 0.2) is 18.2 Å². The highest BCUT2D eigenvalue weighted by Gasteiger charge is 2.26. The maximum absolute atomic E-state index is 6.27. The largest absolute Gasteiger partial charge is 0.316 e. The van der Waals surface area contributed by atoms with E-state index in [-0.39, 0.29) is 0 Å². The summed E-state index contributed by atoms with van der Waals surface area (Å²) in [6.07, 6.45) is 2.33. The number of hydrogen-bond acceptors (Lipinski definition) is 1. The van der Waals surface area contributed by atoms with E-state index in [1.54, 1.807) is 0 Å². The van der Waals surface area contributed by atoms with Gasteiger partial charge in [0.2, 0.25) is 0 Å². The molecule has 1 fully saturated rings. The summed E-state index contributed by atoms with van der Waals surface area (Å²) in [6.45, 7) is 4.40. The van der Waals surface area contributed by atoms with Crippen molar-refractivity contribution in [1.29, 1.82) is 0 Å². The third-order valence-corrected chi connectivity index (χ3v) is 4.07. The fourth-order valence-corrected chi connectivity index (χ4v) is 3.00. The Hall–Kier alpha value is -0.240. The third kappa shape index (κ3) is 2.53. The van der Waals surface area contributed by atoms with Crippen LogP contribution in [-0.4, -0.2) is 13.1 Å². The molecule has 0 radical (unpaired) electrons. The van der Waals surface area contributed by atoms with Crippen molar-refractivity contribution in [3.05, 3.63) is 33.8 Å². The van der Waals surface area contributed by atoms with Crippen LogP contribution in [0.1, 0.15) is 31.2 Å². The molecule has 3 heteroatoms. The van der Waals surface area contributed by atoms with Crippen molar-refractivity contribution in [2.45, 2.75) is 25.7 Å². The Labute approximate surface area is 107 Å². The normalized spacial score (nSPS) is 25.7. The second-order valence-corrected chi connectivity index (χ2v) is 5.28. The molecule has 0 spiro atoms. The van der Waals surface area contributed by atoms with E-state index < -0.39 is 0 Å². The zero-order valence-corrected chi connectivity index (χ0v) is 11.0. The monoisotopic (exact) mass is 257 g/mol. The molecule has 1 aliphatic heterocycles. The van der Waals surface area contributed by atoms with Gasteiger partial charge in [-0.05, 0) is 55.1 Å². The number of nitrogens with one attached hydrogen (secondary N) is 1. The van der Waals surface area contributed by atoms with E-state index in [0.29, 0.717) is 11.8 Å². The van der Waals surface area contributed by atoms with Crippen molar-refractivity contribution in [3.8, 4) is 0 Å². The van der Waals surface area contributed by atoms with Crippen LogP contribution in [-0.2, 0) is 0 Å².